The first-order valence-electron chi connectivity index (χ1n) is 16.0. The molecule has 4 rings (SSSR count). The number of imidazole rings is 1. The zero-order chi connectivity index (χ0) is 28.3. The first-order valence-corrected chi connectivity index (χ1v) is 16.0. The molecule has 0 saturated heterocycles. The number of aromatic nitrogens is 2. The number of nitrogens with zero attached hydrogens (tertiary/aromatic N) is 4. The number of carbonyl (C=O) groups is 1. The van der Waals surface area contributed by atoms with E-state index >= 15 is 0 Å². The fraction of sp³-hybridized carbons (Fsp3) is 0.600. The molecule has 2 aromatic carbocycles. The summed E-state index contributed by atoms with van der Waals surface area (Å²) in [6.07, 6.45) is 11.1. The highest BCUT2D eigenvalue weighted by atomic mass is 16.2. The third kappa shape index (κ3) is 8.92. The number of hydrogen-bond acceptors (Lipinski definition) is 3. The molecule has 0 atom stereocenters. The lowest BCUT2D eigenvalue weighted by Crippen LogP contribution is -2.33. The van der Waals surface area contributed by atoms with Crippen LogP contribution in [0.2, 0.25) is 0 Å². The Hall–Kier alpha value is -2.66. The van der Waals surface area contributed by atoms with E-state index in [0.717, 1.165) is 62.0 Å². The molecular weight excluding hydrogens is 492 g/mol. The third-order valence-electron chi connectivity index (χ3n) is 8.20. The molecule has 0 bridgehead atoms. The van der Waals surface area contributed by atoms with Gasteiger partial charge in [0.2, 0.25) is 0 Å². The fourth-order valence-corrected chi connectivity index (χ4v) is 5.53. The van der Waals surface area contributed by atoms with Gasteiger partial charge in [-0.2, -0.15) is 0 Å². The smallest absolute Gasteiger partial charge is 0.254 e. The van der Waals surface area contributed by atoms with Crippen LogP contribution in [0.5, 0.6) is 0 Å². The minimum Gasteiger partial charge on any atom is -0.331 e. The first-order chi connectivity index (χ1) is 19.5. The number of para-hydroxylation sites is 2. The van der Waals surface area contributed by atoms with E-state index < -0.39 is 0 Å². The van der Waals surface area contributed by atoms with E-state index in [1.54, 1.807) is 0 Å². The molecule has 1 fully saturated rings. The summed E-state index contributed by atoms with van der Waals surface area (Å²) < 4.78 is 2.38. The zero-order valence-corrected chi connectivity index (χ0v) is 25.6. The second-order valence-electron chi connectivity index (χ2n) is 12.4. The highest BCUT2D eigenvalue weighted by Crippen LogP contribution is 2.33. The van der Waals surface area contributed by atoms with Crippen molar-refractivity contribution >= 4 is 16.9 Å². The van der Waals surface area contributed by atoms with Crippen molar-refractivity contribution in [3.05, 3.63) is 65.5 Å². The Labute approximate surface area is 243 Å². The predicted molar refractivity (Wildman–Crippen MR) is 167 cm³/mol. The summed E-state index contributed by atoms with van der Waals surface area (Å²) in [6.45, 7) is 14.5. The van der Waals surface area contributed by atoms with Gasteiger partial charge >= 0.3 is 0 Å². The Morgan fingerprint density at radius 2 is 1.65 bits per heavy atom. The lowest BCUT2D eigenvalue weighted by atomic mass is 10.1. The first kappa shape index (κ1) is 30.3. The highest BCUT2D eigenvalue weighted by Gasteiger charge is 2.26. The van der Waals surface area contributed by atoms with E-state index in [1.807, 2.05) is 11.0 Å². The molecule has 1 aliphatic rings. The van der Waals surface area contributed by atoms with Gasteiger partial charge in [0.1, 0.15) is 5.82 Å². The molecule has 1 aliphatic carbocycles. The third-order valence-corrected chi connectivity index (χ3v) is 8.20. The summed E-state index contributed by atoms with van der Waals surface area (Å²) >= 11 is 0. The van der Waals surface area contributed by atoms with Gasteiger partial charge in [-0.05, 0) is 86.9 Å². The van der Waals surface area contributed by atoms with Gasteiger partial charge in [0.25, 0.3) is 5.91 Å². The minimum absolute atomic E-state index is 0.121. The number of hydrogen-bond donors (Lipinski definition) is 0. The topological polar surface area (TPSA) is 41.4 Å². The number of carbonyl (C=O) groups excluding carboxylic acids is 1. The summed E-state index contributed by atoms with van der Waals surface area (Å²) in [7, 11) is 0. The van der Waals surface area contributed by atoms with Crippen LogP contribution in [0.1, 0.15) is 107 Å². The van der Waals surface area contributed by atoms with Crippen molar-refractivity contribution in [2.45, 2.75) is 105 Å². The van der Waals surface area contributed by atoms with Crippen molar-refractivity contribution in [1.29, 1.82) is 0 Å². The molecule has 40 heavy (non-hydrogen) atoms. The summed E-state index contributed by atoms with van der Waals surface area (Å²) in [5.74, 6) is 2.41. The van der Waals surface area contributed by atoms with Gasteiger partial charge in [-0.3, -0.25) is 9.69 Å². The van der Waals surface area contributed by atoms with Gasteiger partial charge in [0.05, 0.1) is 17.6 Å². The summed E-state index contributed by atoms with van der Waals surface area (Å²) in [6, 6.07) is 16.8. The SMILES string of the molecule is CCCCCN(CCCCC)Cc1cccc(C(=O)N(CCC(C)C)Cc2nc3ccccc3n2CC2CC2)c1. The van der Waals surface area contributed by atoms with Crippen LogP contribution in [0.3, 0.4) is 0 Å². The normalized spacial score (nSPS) is 13.6. The average molecular weight is 545 g/mol. The van der Waals surface area contributed by atoms with Crippen LogP contribution in [-0.4, -0.2) is 44.9 Å². The largest absolute Gasteiger partial charge is 0.331 e. The van der Waals surface area contributed by atoms with Crippen LogP contribution >= 0.6 is 0 Å². The highest BCUT2D eigenvalue weighted by molar-refractivity contribution is 5.94. The lowest BCUT2D eigenvalue weighted by Gasteiger charge is -2.25. The Morgan fingerprint density at radius 3 is 2.33 bits per heavy atom. The van der Waals surface area contributed by atoms with Gasteiger partial charge in [-0.25, -0.2) is 4.98 Å². The molecule has 1 aromatic heterocycles. The standard InChI is InChI=1S/C35H52N4O/c1-5-7-11-21-37(22-12-8-6-2)25-30-14-13-15-31(24-30)35(40)38(23-20-28(3)4)27-34-36-32-16-9-10-17-33(32)39(34)26-29-18-19-29/h9-10,13-17,24,28-29H,5-8,11-12,18-23,25-27H2,1-4H3. The summed E-state index contributed by atoms with van der Waals surface area (Å²) in [5, 5.41) is 0. The average Bonchev–Trinajstić information content (AvgIpc) is 3.71. The molecule has 0 radical (unpaired) electrons. The monoisotopic (exact) mass is 544 g/mol. The quantitative estimate of drug-likeness (QED) is 0.151. The van der Waals surface area contributed by atoms with Crippen LogP contribution in [0.4, 0.5) is 0 Å². The summed E-state index contributed by atoms with van der Waals surface area (Å²) in [4.78, 5) is 23.7. The maximum absolute atomic E-state index is 14.1. The molecule has 0 unspecified atom stereocenters. The maximum Gasteiger partial charge on any atom is 0.254 e. The second-order valence-corrected chi connectivity index (χ2v) is 12.4. The van der Waals surface area contributed by atoms with Gasteiger partial charge in [-0.1, -0.05) is 77.6 Å². The predicted octanol–water partition coefficient (Wildman–Crippen LogP) is 8.32. The second kappa shape index (κ2) is 15.4. The van der Waals surface area contributed by atoms with Gasteiger partial charge in [0.15, 0.2) is 0 Å². The zero-order valence-electron chi connectivity index (χ0n) is 25.6. The van der Waals surface area contributed by atoms with Crippen LogP contribution in [0, 0.1) is 11.8 Å². The molecule has 5 heteroatoms. The molecule has 1 saturated carbocycles. The van der Waals surface area contributed by atoms with E-state index in [1.165, 1.54) is 62.4 Å². The van der Waals surface area contributed by atoms with Crippen molar-refractivity contribution < 1.29 is 4.79 Å². The van der Waals surface area contributed by atoms with Crippen LogP contribution in [0.15, 0.2) is 48.5 Å². The molecule has 5 nitrogen and oxygen atoms in total. The molecule has 1 amide bonds. The van der Waals surface area contributed by atoms with Crippen molar-refractivity contribution in [1.82, 2.24) is 19.4 Å². The van der Waals surface area contributed by atoms with Crippen molar-refractivity contribution in [2.24, 2.45) is 11.8 Å². The van der Waals surface area contributed by atoms with E-state index in [9.17, 15) is 4.79 Å². The van der Waals surface area contributed by atoms with Crippen LogP contribution in [-0.2, 0) is 19.6 Å². The number of fused-ring (bicyclic) bond motifs is 1. The van der Waals surface area contributed by atoms with Gasteiger partial charge in [0, 0.05) is 25.2 Å². The van der Waals surface area contributed by atoms with Crippen molar-refractivity contribution in [3.8, 4) is 0 Å². The van der Waals surface area contributed by atoms with Gasteiger partial charge < -0.3 is 9.47 Å². The summed E-state index contributed by atoms with van der Waals surface area (Å²) in [5.41, 5.74) is 4.26. The van der Waals surface area contributed by atoms with Crippen molar-refractivity contribution in [3.63, 3.8) is 0 Å². The van der Waals surface area contributed by atoms with Crippen LogP contribution < -0.4 is 0 Å². The lowest BCUT2D eigenvalue weighted by molar-refractivity contribution is 0.0729. The molecule has 218 valence electrons. The van der Waals surface area contributed by atoms with Crippen molar-refractivity contribution in [2.75, 3.05) is 19.6 Å². The van der Waals surface area contributed by atoms with Gasteiger partial charge in [-0.15, -0.1) is 0 Å². The Bertz CT molecular complexity index is 1190. The fourth-order valence-electron chi connectivity index (χ4n) is 5.53. The molecule has 0 spiro atoms. The Kier molecular flexibility index (Phi) is 11.6. The maximum atomic E-state index is 14.1. The van der Waals surface area contributed by atoms with E-state index in [-0.39, 0.29) is 5.91 Å². The molecule has 0 N–H and O–H groups in total. The van der Waals surface area contributed by atoms with E-state index in [2.05, 4.69) is 79.6 Å². The molecule has 3 aromatic rings. The Balaban J connectivity index is 1.53. The number of benzene rings is 2. The number of rotatable bonds is 18. The van der Waals surface area contributed by atoms with E-state index in [4.69, 9.17) is 4.98 Å². The molecule has 1 heterocycles. The number of amides is 1. The number of unbranched alkanes of at least 4 members (excludes halogenated alkanes) is 4. The molecule has 0 aliphatic heterocycles. The molecular formula is C35H52N4O. The Morgan fingerprint density at radius 1 is 0.925 bits per heavy atom. The van der Waals surface area contributed by atoms with E-state index in [0.29, 0.717) is 12.5 Å². The minimum atomic E-state index is 0.121. The van der Waals surface area contributed by atoms with Crippen LogP contribution in [0.25, 0.3) is 11.0 Å².